The molecule has 0 aliphatic heterocycles. The quantitative estimate of drug-likeness (QED) is 0.858. The second-order valence-corrected chi connectivity index (χ2v) is 4.77. The van der Waals surface area contributed by atoms with Gasteiger partial charge < -0.3 is 4.90 Å². The van der Waals surface area contributed by atoms with Gasteiger partial charge in [-0.2, -0.15) is 0 Å². The van der Waals surface area contributed by atoms with Gasteiger partial charge in [0.05, 0.1) is 0 Å². The molecule has 5 heteroatoms. The van der Waals surface area contributed by atoms with Crippen LogP contribution in [0.5, 0.6) is 0 Å². The molecule has 0 unspecified atom stereocenters. The zero-order valence-electron chi connectivity index (χ0n) is 11.0. The summed E-state index contributed by atoms with van der Waals surface area (Å²) in [6.45, 7) is 5.09. The van der Waals surface area contributed by atoms with E-state index in [1.165, 1.54) is 5.56 Å². The summed E-state index contributed by atoms with van der Waals surface area (Å²) in [6.07, 6.45) is 1.03. The summed E-state index contributed by atoms with van der Waals surface area (Å²) in [5.41, 5.74) is 2.34. The molecule has 0 aliphatic carbocycles. The molecule has 0 aliphatic rings. The number of anilines is 2. The van der Waals surface area contributed by atoms with E-state index in [2.05, 4.69) is 47.1 Å². The molecule has 1 aromatic heterocycles. The topological polar surface area (TPSA) is 36.9 Å². The lowest BCUT2D eigenvalue weighted by Crippen LogP contribution is -2.16. The van der Waals surface area contributed by atoms with E-state index in [0.717, 1.165) is 24.6 Å². The normalized spacial score (nSPS) is 10.6. The minimum atomic E-state index is 0.673. The lowest BCUT2D eigenvalue weighted by molar-refractivity contribution is 0.667. The monoisotopic (exact) mass is 262 g/mol. The number of nitrogens with one attached hydrogen (secondary N) is 1. The van der Waals surface area contributed by atoms with E-state index in [0.29, 0.717) is 4.77 Å². The van der Waals surface area contributed by atoms with Gasteiger partial charge in [0.2, 0.25) is 5.95 Å². The van der Waals surface area contributed by atoms with Crippen LogP contribution in [0.25, 0.3) is 0 Å². The van der Waals surface area contributed by atoms with Crippen molar-refractivity contribution in [2.24, 2.45) is 0 Å². The zero-order valence-corrected chi connectivity index (χ0v) is 11.8. The zero-order chi connectivity index (χ0) is 13.1. The summed E-state index contributed by atoms with van der Waals surface area (Å²) in [6, 6.07) is 8.34. The van der Waals surface area contributed by atoms with Crippen molar-refractivity contribution in [1.29, 1.82) is 0 Å². The number of hydrogen-bond donors (Lipinski definition) is 1. The lowest BCUT2D eigenvalue weighted by atomic mass is 10.2. The summed E-state index contributed by atoms with van der Waals surface area (Å²) in [4.78, 5) is 2.05. The maximum Gasteiger partial charge on any atom is 0.229 e. The molecule has 4 nitrogen and oxygen atoms in total. The molecule has 0 atom stereocenters. The molecule has 0 saturated carbocycles. The Kier molecular flexibility index (Phi) is 3.81. The van der Waals surface area contributed by atoms with Gasteiger partial charge in [-0.3, -0.25) is 4.57 Å². The smallest absolute Gasteiger partial charge is 0.229 e. The van der Waals surface area contributed by atoms with E-state index in [1.54, 1.807) is 0 Å². The van der Waals surface area contributed by atoms with Crippen molar-refractivity contribution in [3.05, 3.63) is 34.6 Å². The summed E-state index contributed by atoms with van der Waals surface area (Å²) in [5, 5.41) is 7.17. The second kappa shape index (κ2) is 5.35. The Morgan fingerprint density at radius 1 is 1.44 bits per heavy atom. The Morgan fingerprint density at radius 2 is 2.22 bits per heavy atom. The van der Waals surface area contributed by atoms with Crippen LogP contribution in [-0.2, 0) is 6.54 Å². The fourth-order valence-corrected chi connectivity index (χ4v) is 2.16. The van der Waals surface area contributed by atoms with E-state index < -0.39 is 0 Å². The Bertz CT molecular complexity index is 585. The van der Waals surface area contributed by atoms with Crippen molar-refractivity contribution in [2.45, 2.75) is 26.8 Å². The van der Waals surface area contributed by atoms with Gasteiger partial charge in [-0.1, -0.05) is 19.1 Å². The molecular weight excluding hydrogens is 244 g/mol. The van der Waals surface area contributed by atoms with E-state index in [1.807, 2.05) is 17.7 Å². The van der Waals surface area contributed by atoms with Crippen LogP contribution in [0.15, 0.2) is 24.3 Å². The highest BCUT2D eigenvalue weighted by Crippen LogP contribution is 2.22. The van der Waals surface area contributed by atoms with Crippen molar-refractivity contribution >= 4 is 23.9 Å². The van der Waals surface area contributed by atoms with Gasteiger partial charge in [0, 0.05) is 19.3 Å². The van der Waals surface area contributed by atoms with Crippen LogP contribution in [0.4, 0.5) is 11.6 Å². The predicted molar refractivity (Wildman–Crippen MR) is 76.9 cm³/mol. The summed E-state index contributed by atoms with van der Waals surface area (Å²) >= 11 is 5.25. The van der Waals surface area contributed by atoms with Crippen molar-refractivity contribution < 1.29 is 0 Å². The Balaban J connectivity index is 2.39. The van der Waals surface area contributed by atoms with Crippen LogP contribution >= 0.6 is 12.2 Å². The Morgan fingerprint density at radius 3 is 2.89 bits per heavy atom. The molecule has 1 heterocycles. The molecular formula is C13H18N4S. The second-order valence-electron chi connectivity index (χ2n) is 4.38. The summed E-state index contributed by atoms with van der Waals surface area (Å²) in [7, 11) is 2.01. The first-order valence-electron chi connectivity index (χ1n) is 6.09. The summed E-state index contributed by atoms with van der Waals surface area (Å²) in [5.74, 6) is 0.854. The van der Waals surface area contributed by atoms with Gasteiger partial charge in [0.1, 0.15) is 0 Å². The van der Waals surface area contributed by atoms with E-state index in [4.69, 9.17) is 12.2 Å². The number of benzene rings is 1. The van der Waals surface area contributed by atoms with Gasteiger partial charge in [-0.15, -0.1) is 5.10 Å². The Hall–Kier alpha value is -1.62. The minimum absolute atomic E-state index is 0.673. The number of aromatic amines is 1. The maximum atomic E-state index is 5.25. The number of aromatic nitrogens is 3. The van der Waals surface area contributed by atoms with Gasteiger partial charge >= 0.3 is 0 Å². The molecule has 0 fully saturated rings. The average Bonchev–Trinajstić information content (AvgIpc) is 2.71. The van der Waals surface area contributed by atoms with Gasteiger partial charge in [0.25, 0.3) is 0 Å². The predicted octanol–water partition coefficient (Wildman–Crippen LogP) is 3.43. The standard InChI is InChI=1S/C13H18N4S/c1-4-8-17-12(14-15-13(17)18)16(3)11-7-5-6-10(2)9-11/h5-7,9H,4,8H2,1-3H3,(H,15,18). The van der Waals surface area contributed by atoms with Gasteiger partial charge in [-0.25, -0.2) is 5.10 Å². The van der Waals surface area contributed by atoms with Crippen LogP contribution < -0.4 is 4.90 Å². The van der Waals surface area contributed by atoms with Crippen LogP contribution in [0.3, 0.4) is 0 Å². The Labute approximate surface area is 112 Å². The lowest BCUT2D eigenvalue weighted by Gasteiger charge is -2.19. The molecule has 1 aromatic carbocycles. The van der Waals surface area contributed by atoms with Gasteiger partial charge in [-0.05, 0) is 43.3 Å². The van der Waals surface area contributed by atoms with Crippen LogP contribution in [0.1, 0.15) is 18.9 Å². The number of rotatable bonds is 4. The fraction of sp³-hybridized carbons (Fsp3) is 0.385. The number of hydrogen-bond acceptors (Lipinski definition) is 3. The van der Waals surface area contributed by atoms with E-state index in [9.17, 15) is 0 Å². The highest BCUT2D eigenvalue weighted by atomic mass is 32.1. The van der Waals surface area contributed by atoms with E-state index >= 15 is 0 Å². The van der Waals surface area contributed by atoms with Crippen molar-refractivity contribution in [1.82, 2.24) is 14.8 Å². The highest BCUT2D eigenvalue weighted by molar-refractivity contribution is 7.71. The van der Waals surface area contributed by atoms with Crippen LogP contribution in [-0.4, -0.2) is 21.8 Å². The molecule has 1 N–H and O–H groups in total. The molecule has 0 radical (unpaired) electrons. The first-order chi connectivity index (χ1) is 8.63. The average molecular weight is 262 g/mol. The summed E-state index contributed by atoms with van der Waals surface area (Å²) < 4.78 is 2.70. The molecule has 2 aromatic rings. The number of nitrogens with zero attached hydrogens (tertiary/aromatic N) is 3. The third-order valence-corrected chi connectivity index (χ3v) is 3.19. The third-order valence-electron chi connectivity index (χ3n) is 2.87. The third kappa shape index (κ3) is 2.46. The molecule has 0 bridgehead atoms. The SMILES string of the molecule is CCCn1c(N(C)c2cccc(C)c2)n[nH]c1=S. The minimum Gasteiger partial charge on any atom is -0.314 e. The number of H-pyrrole nitrogens is 1. The van der Waals surface area contributed by atoms with Gasteiger partial charge in [0.15, 0.2) is 4.77 Å². The van der Waals surface area contributed by atoms with Crippen molar-refractivity contribution in [3.8, 4) is 0 Å². The largest absolute Gasteiger partial charge is 0.314 e. The molecule has 0 saturated heterocycles. The van der Waals surface area contributed by atoms with Crippen LogP contribution in [0.2, 0.25) is 0 Å². The number of aryl methyl sites for hydroxylation is 1. The molecule has 0 amide bonds. The maximum absolute atomic E-state index is 5.25. The fourth-order valence-electron chi connectivity index (χ4n) is 1.94. The molecule has 18 heavy (non-hydrogen) atoms. The van der Waals surface area contributed by atoms with Crippen LogP contribution in [0, 0.1) is 11.7 Å². The highest BCUT2D eigenvalue weighted by Gasteiger charge is 2.12. The van der Waals surface area contributed by atoms with Crippen molar-refractivity contribution in [3.63, 3.8) is 0 Å². The first kappa shape index (κ1) is 12.8. The van der Waals surface area contributed by atoms with Crippen molar-refractivity contribution in [2.75, 3.05) is 11.9 Å². The molecule has 96 valence electrons. The van der Waals surface area contributed by atoms with E-state index in [-0.39, 0.29) is 0 Å². The molecule has 0 spiro atoms. The first-order valence-corrected chi connectivity index (χ1v) is 6.50. The molecule has 2 rings (SSSR count).